The van der Waals surface area contributed by atoms with Gasteiger partial charge in [0.2, 0.25) is 0 Å². The third-order valence-electron chi connectivity index (χ3n) is 3.63. The van der Waals surface area contributed by atoms with Crippen molar-refractivity contribution in [1.29, 1.82) is 0 Å². The van der Waals surface area contributed by atoms with Gasteiger partial charge in [0, 0.05) is 12.7 Å². The zero-order valence-electron chi connectivity index (χ0n) is 13.0. The molecule has 20 heavy (non-hydrogen) atoms. The summed E-state index contributed by atoms with van der Waals surface area (Å²) in [4.78, 5) is 0. The molecule has 0 atom stereocenters. The maximum absolute atomic E-state index is 3.95. The van der Waals surface area contributed by atoms with Crippen LogP contribution >= 0.6 is 0 Å². The molecule has 2 rings (SSSR count). The molecule has 1 N–H and O–H groups in total. The number of hydrogen-bond acceptors (Lipinski definition) is 3. The SMILES string of the molecule is CC(C)c1ccc(NCc2cnnn2C)c(C(C)C)c1. The van der Waals surface area contributed by atoms with Gasteiger partial charge >= 0.3 is 0 Å². The summed E-state index contributed by atoms with van der Waals surface area (Å²) < 4.78 is 1.80. The Balaban J connectivity index is 2.20. The highest BCUT2D eigenvalue weighted by Gasteiger charge is 2.10. The molecule has 0 spiro atoms. The lowest BCUT2D eigenvalue weighted by Gasteiger charge is -2.17. The fourth-order valence-electron chi connectivity index (χ4n) is 2.24. The molecule has 4 nitrogen and oxygen atoms in total. The van der Waals surface area contributed by atoms with E-state index in [-0.39, 0.29) is 0 Å². The molecule has 0 aliphatic heterocycles. The first kappa shape index (κ1) is 14.6. The number of rotatable bonds is 5. The number of nitrogens with zero attached hydrogens (tertiary/aromatic N) is 3. The van der Waals surface area contributed by atoms with Crippen molar-refractivity contribution in [3.8, 4) is 0 Å². The lowest BCUT2D eigenvalue weighted by atomic mass is 9.94. The van der Waals surface area contributed by atoms with E-state index in [0.717, 1.165) is 12.2 Å². The summed E-state index contributed by atoms with van der Waals surface area (Å²) in [5.41, 5.74) is 5.03. The Hall–Kier alpha value is -1.84. The van der Waals surface area contributed by atoms with Crippen LogP contribution in [0.15, 0.2) is 24.4 Å². The third kappa shape index (κ3) is 3.18. The molecule has 0 unspecified atom stereocenters. The Labute approximate surface area is 121 Å². The van der Waals surface area contributed by atoms with Gasteiger partial charge in [-0.05, 0) is 29.0 Å². The number of aromatic nitrogens is 3. The van der Waals surface area contributed by atoms with Crippen molar-refractivity contribution in [3.05, 3.63) is 41.2 Å². The van der Waals surface area contributed by atoms with Crippen LogP contribution in [0.1, 0.15) is 56.4 Å². The van der Waals surface area contributed by atoms with E-state index in [1.54, 1.807) is 10.9 Å². The number of hydrogen-bond donors (Lipinski definition) is 1. The minimum Gasteiger partial charge on any atom is -0.379 e. The van der Waals surface area contributed by atoms with Crippen molar-refractivity contribution in [2.45, 2.75) is 46.1 Å². The normalized spacial score (nSPS) is 11.3. The molecular formula is C16H24N4. The molecule has 4 heteroatoms. The molecule has 2 aromatic rings. The van der Waals surface area contributed by atoms with Gasteiger partial charge < -0.3 is 5.32 Å². The standard InChI is InChI=1S/C16H24N4/c1-11(2)13-6-7-16(15(8-13)12(3)4)17-9-14-10-18-19-20(14)5/h6-8,10-12,17H,9H2,1-5H3. The zero-order valence-corrected chi connectivity index (χ0v) is 13.0. The summed E-state index contributed by atoms with van der Waals surface area (Å²) >= 11 is 0. The lowest BCUT2D eigenvalue weighted by molar-refractivity contribution is 0.683. The van der Waals surface area contributed by atoms with Gasteiger partial charge in [-0.3, -0.25) is 4.68 Å². The van der Waals surface area contributed by atoms with Crippen molar-refractivity contribution < 1.29 is 0 Å². The van der Waals surface area contributed by atoms with Crippen LogP contribution in [-0.4, -0.2) is 15.0 Å². The fraction of sp³-hybridized carbons (Fsp3) is 0.500. The predicted octanol–water partition coefficient (Wildman–Crippen LogP) is 3.67. The molecule has 0 fully saturated rings. The Morgan fingerprint density at radius 2 is 1.90 bits per heavy atom. The molecular weight excluding hydrogens is 248 g/mol. The molecule has 0 aliphatic carbocycles. The molecule has 0 aliphatic rings. The van der Waals surface area contributed by atoms with Crippen molar-refractivity contribution in [2.24, 2.45) is 7.05 Å². The smallest absolute Gasteiger partial charge is 0.0774 e. The lowest BCUT2D eigenvalue weighted by Crippen LogP contribution is -2.08. The monoisotopic (exact) mass is 272 g/mol. The fourth-order valence-corrected chi connectivity index (χ4v) is 2.24. The number of anilines is 1. The van der Waals surface area contributed by atoms with Gasteiger partial charge in [-0.2, -0.15) is 0 Å². The minimum absolute atomic E-state index is 0.501. The second kappa shape index (κ2) is 6.07. The van der Waals surface area contributed by atoms with Crippen LogP contribution in [0, 0.1) is 0 Å². The Morgan fingerprint density at radius 1 is 1.15 bits per heavy atom. The van der Waals surface area contributed by atoms with E-state index in [1.807, 2.05) is 7.05 Å². The highest BCUT2D eigenvalue weighted by Crippen LogP contribution is 2.28. The average molecular weight is 272 g/mol. The summed E-state index contributed by atoms with van der Waals surface area (Å²) in [5.74, 6) is 1.06. The van der Waals surface area contributed by atoms with Gasteiger partial charge in [0.25, 0.3) is 0 Å². The maximum atomic E-state index is 3.95. The quantitative estimate of drug-likeness (QED) is 0.903. The third-order valence-corrected chi connectivity index (χ3v) is 3.63. The molecule has 0 saturated heterocycles. The summed E-state index contributed by atoms with van der Waals surface area (Å²) in [6.07, 6.45) is 1.80. The molecule has 0 radical (unpaired) electrons. The van der Waals surface area contributed by atoms with Crippen LogP contribution < -0.4 is 5.32 Å². The van der Waals surface area contributed by atoms with E-state index in [9.17, 15) is 0 Å². The van der Waals surface area contributed by atoms with E-state index >= 15 is 0 Å². The van der Waals surface area contributed by atoms with Crippen molar-refractivity contribution in [3.63, 3.8) is 0 Å². The zero-order chi connectivity index (χ0) is 14.7. The van der Waals surface area contributed by atoms with Crippen molar-refractivity contribution in [1.82, 2.24) is 15.0 Å². The number of nitrogens with one attached hydrogen (secondary N) is 1. The number of benzene rings is 1. The van der Waals surface area contributed by atoms with Crippen LogP contribution in [0.3, 0.4) is 0 Å². The largest absolute Gasteiger partial charge is 0.379 e. The first-order valence-corrected chi connectivity index (χ1v) is 7.20. The van der Waals surface area contributed by atoms with E-state index in [2.05, 4.69) is 61.5 Å². The second-order valence-electron chi connectivity index (χ2n) is 5.86. The van der Waals surface area contributed by atoms with Gasteiger partial charge in [-0.1, -0.05) is 45.0 Å². The summed E-state index contributed by atoms with van der Waals surface area (Å²) in [5, 5.41) is 11.4. The topological polar surface area (TPSA) is 42.7 Å². The van der Waals surface area contributed by atoms with Crippen LogP contribution in [-0.2, 0) is 13.6 Å². The molecule has 0 bridgehead atoms. The molecule has 1 aromatic heterocycles. The van der Waals surface area contributed by atoms with Gasteiger partial charge in [0.1, 0.15) is 0 Å². The molecule has 1 heterocycles. The summed E-state index contributed by atoms with van der Waals surface area (Å²) in [6.45, 7) is 9.67. The van der Waals surface area contributed by atoms with Crippen molar-refractivity contribution in [2.75, 3.05) is 5.32 Å². The van der Waals surface area contributed by atoms with E-state index in [1.165, 1.54) is 16.8 Å². The van der Waals surface area contributed by atoms with Crippen LogP contribution in [0.4, 0.5) is 5.69 Å². The van der Waals surface area contributed by atoms with Crippen LogP contribution in [0.2, 0.25) is 0 Å². The molecule has 108 valence electrons. The second-order valence-corrected chi connectivity index (χ2v) is 5.86. The average Bonchev–Trinajstić information content (AvgIpc) is 2.81. The number of aryl methyl sites for hydroxylation is 1. The summed E-state index contributed by atoms with van der Waals surface area (Å²) in [7, 11) is 1.91. The Morgan fingerprint density at radius 3 is 2.45 bits per heavy atom. The maximum Gasteiger partial charge on any atom is 0.0774 e. The van der Waals surface area contributed by atoms with E-state index in [0.29, 0.717) is 11.8 Å². The van der Waals surface area contributed by atoms with Gasteiger partial charge in [0.15, 0.2) is 0 Å². The van der Waals surface area contributed by atoms with Crippen LogP contribution in [0.25, 0.3) is 0 Å². The Kier molecular flexibility index (Phi) is 4.42. The first-order chi connectivity index (χ1) is 9.49. The predicted molar refractivity (Wildman–Crippen MR) is 82.9 cm³/mol. The Bertz CT molecular complexity index is 570. The minimum atomic E-state index is 0.501. The first-order valence-electron chi connectivity index (χ1n) is 7.20. The van der Waals surface area contributed by atoms with Gasteiger partial charge in [0.05, 0.1) is 18.4 Å². The summed E-state index contributed by atoms with van der Waals surface area (Å²) in [6, 6.07) is 6.72. The molecule has 1 aromatic carbocycles. The highest BCUT2D eigenvalue weighted by atomic mass is 15.4. The highest BCUT2D eigenvalue weighted by molar-refractivity contribution is 5.54. The molecule has 0 saturated carbocycles. The molecule has 0 amide bonds. The van der Waals surface area contributed by atoms with E-state index in [4.69, 9.17) is 0 Å². The van der Waals surface area contributed by atoms with E-state index < -0.39 is 0 Å². The van der Waals surface area contributed by atoms with Crippen LogP contribution in [0.5, 0.6) is 0 Å². The van der Waals surface area contributed by atoms with Gasteiger partial charge in [-0.15, -0.1) is 5.10 Å². The van der Waals surface area contributed by atoms with Crippen molar-refractivity contribution >= 4 is 5.69 Å². The van der Waals surface area contributed by atoms with Gasteiger partial charge in [-0.25, -0.2) is 0 Å².